The Labute approximate surface area is 206 Å². The zero-order valence-corrected chi connectivity index (χ0v) is 21.8. The van der Waals surface area contributed by atoms with Crippen molar-refractivity contribution in [3.05, 3.63) is 22.8 Å². The van der Waals surface area contributed by atoms with Crippen molar-refractivity contribution in [1.82, 2.24) is 4.90 Å². The zero-order valence-electron chi connectivity index (χ0n) is 21.8. The molecule has 4 nitrogen and oxygen atoms in total. The molecule has 1 spiro atoms. The lowest BCUT2D eigenvalue weighted by Gasteiger charge is -2.48. The molecule has 4 aliphatic carbocycles. The van der Waals surface area contributed by atoms with Crippen LogP contribution in [0, 0.1) is 35.0 Å². The van der Waals surface area contributed by atoms with Crippen LogP contribution in [-0.4, -0.2) is 53.2 Å². The van der Waals surface area contributed by atoms with Gasteiger partial charge < -0.3 is 9.84 Å². The van der Waals surface area contributed by atoms with E-state index in [1.807, 2.05) is 6.08 Å². The summed E-state index contributed by atoms with van der Waals surface area (Å²) >= 11 is 0. The van der Waals surface area contributed by atoms with E-state index >= 15 is 0 Å². The van der Waals surface area contributed by atoms with Gasteiger partial charge in [-0.2, -0.15) is 0 Å². The predicted molar refractivity (Wildman–Crippen MR) is 134 cm³/mol. The molecule has 2 heterocycles. The molecule has 0 bridgehead atoms. The molecule has 2 aliphatic heterocycles. The van der Waals surface area contributed by atoms with Crippen LogP contribution >= 0.6 is 0 Å². The van der Waals surface area contributed by atoms with Gasteiger partial charge in [0.25, 0.3) is 0 Å². The van der Waals surface area contributed by atoms with E-state index in [2.05, 4.69) is 32.6 Å². The van der Waals surface area contributed by atoms with Crippen molar-refractivity contribution in [2.45, 2.75) is 103 Å². The third kappa shape index (κ3) is 3.38. The third-order valence-corrected chi connectivity index (χ3v) is 11.5. The minimum Gasteiger partial charge on any atom is -0.395 e. The molecule has 0 amide bonds. The number of carbonyl (C=O) groups excluding carboxylic acids is 1. The van der Waals surface area contributed by atoms with Crippen molar-refractivity contribution in [1.29, 1.82) is 0 Å². The number of aliphatic hydroxyl groups is 1. The summed E-state index contributed by atoms with van der Waals surface area (Å²) in [6.45, 7) is 11.8. The molecule has 34 heavy (non-hydrogen) atoms. The van der Waals surface area contributed by atoms with Crippen molar-refractivity contribution in [3.63, 3.8) is 0 Å². The van der Waals surface area contributed by atoms with Crippen LogP contribution in [0.5, 0.6) is 0 Å². The first-order chi connectivity index (χ1) is 16.3. The Hall–Kier alpha value is -0.970. The molecule has 6 rings (SSSR count). The van der Waals surface area contributed by atoms with Crippen molar-refractivity contribution in [3.8, 4) is 0 Å². The van der Waals surface area contributed by atoms with Crippen LogP contribution in [0.4, 0.5) is 0 Å². The number of β-amino-alcohol motifs (C(OH)–C–C–N with tert-alkyl or cyclic N) is 1. The summed E-state index contributed by atoms with van der Waals surface area (Å²) in [6.07, 6.45) is 12.5. The molecule has 4 fully saturated rings. The number of allylic oxidation sites excluding steroid dienone is 3. The summed E-state index contributed by atoms with van der Waals surface area (Å²) in [4.78, 5) is 14.7. The first-order valence-corrected chi connectivity index (χ1v) is 14.2. The van der Waals surface area contributed by atoms with Gasteiger partial charge in [-0.3, -0.25) is 9.69 Å². The fourth-order valence-electron chi connectivity index (χ4n) is 9.89. The predicted octanol–water partition coefficient (Wildman–Crippen LogP) is 5.30. The number of fused-ring (bicyclic) bond motifs is 6. The Bertz CT molecular complexity index is 922. The molecule has 0 aromatic heterocycles. The van der Waals surface area contributed by atoms with Crippen LogP contribution in [0.15, 0.2) is 22.8 Å². The number of aliphatic hydroxyl groups excluding tert-OH is 1. The molecular formula is C30H45NO3. The molecule has 1 N–H and O–H groups in total. The second kappa shape index (κ2) is 8.28. The van der Waals surface area contributed by atoms with Crippen LogP contribution in [0.3, 0.4) is 0 Å². The van der Waals surface area contributed by atoms with Gasteiger partial charge in [0.1, 0.15) is 0 Å². The number of hydrogen-bond donors (Lipinski definition) is 1. The maximum absolute atomic E-state index is 12.1. The van der Waals surface area contributed by atoms with Crippen LogP contribution in [0.1, 0.15) is 85.5 Å². The van der Waals surface area contributed by atoms with Gasteiger partial charge in [-0.05, 0) is 93.5 Å². The minimum absolute atomic E-state index is 0.0368. The quantitative estimate of drug-likeness (QED) is 0.560. The zero-order chi connectivity index (χ0) is 23.8. The van der Waals surface area contributed by atoms with E-state index in [0.29, 0.717) is 35.7 Å². The number of carbonyl (C=O) groups is 1. The van der Waals surface area contributed by atoms with E-state index in [-0.39, 0.29) is 17.6 Å². The first kappa shape index (κ1) is 23.4. The van der Waals surface area contributed by atoms with Crippen LogP contribution in [-0.2, 0) is 9.53 Å². The topological polar surface area (TPSA) is 49.8 Å². The molecular weight excluding hydrogens is 422 g/mol. The van der Waals surface area contributed by atoms with Gasteiger partial charge in [-0.25, -0.2) is 0 Å². The average molecular weight is 468 g/mol. The van der Waals surface area contributed by atoms with Crippen molar-refractivity contribution < 1.29 is 14.6 Å². The lowest BCUT2D eigenvalue weighted by atomic mass is 9.56. The van der Waals surface area contributed by atoms with Crippen LogP contribution < -0.4 is 0 Å². The molecule has 9 unspecified atom stereocenters. The Kier molecular flexibility index (Phi) is 5.71. The average Bonchev–Trinajstić information content (AvgIpc) is 3.25. The summed E-state index contributed by atoms with van der Waals surface area (Å²) in [7, 11) is 0. The Morgan fingerprint density at radius 3 is 2.82 bits per heavy atom. The molecule has 0 radical (unpaired) electrons. The smallest absolute Gasteiger partial charge is 0.155 e. The highest BCUT2D eigenvalue weighted by Crippen LogP contribution is 2.64. The summed E-state index contributed by atoms with van der Waals surface area (Å²) in [5, 5.41) is 9.72. The second-order valence-corrected chi connectivity index (χ2v) is 13.3. The van der Waals surface area contributed by atoms with Gasteiger partial charge in [0.15, 0.2) is 5.78 Å². The van der Waals surface area contributed by atoms with E-state index in [9.17, 15) is 9.90 Å². The lowest BCUT2D eigenvalue weighted by molar-refractivity contribution is -0.116. The Balaban J connectivity index is 1.29. The second-order valence-electron chi connectivity index (χ2n) is 13.3. The third-order valence-electron chi connectivity index (χ3n) is 11.5. The highest BCUT2D eigenvalue weighted by atomic mass is 16.5. The van der Waals surface area contributed by atoms with Crippen molar-refractivity contribution >= 4 is 5.78 Å². The number of ether oxygens (including phenoxy) is 1. The number of nitrogens with zero attached hydrogens (tertiary/aromatic N) is 1. The van der Waals surface area contributed by atoms with E-state index in [1.54, 1.807) is 11.1 Å². The van der Waals surface area contributed by atoms with E-state index in [1.165, 1.54) is 31.3 Å². The van der Waals surface area contributed by atoms with Gasteiger partial charge in [0.05, 0.1) is 18.3 Å². The largest absolute Gasteiger partial charge is 0.395 e. The summed E-state index contributed by atoms with van der Waals surface area (Å²) in [5.74, 6) is 3.70. The highest BCUT2D eigenvalue weighted by Gasteiger charge is 2.59. The molecule has 0 aromatic carbocycles. The summed E-state index contributed by atoms with van der Waals surface area (Å²) in [5.41, 5.74) is 5.04. The highest BCUT2D eigenvalue weighted by molar-refractivity contribution is 5.91. The van der Waals surface area contributed by atoms with Gasteiger partial charge in [0.2, 0.25) is 0 Å². The SMILES string of the molecule is CC1=C2CC3C(CCC4=CC(=O)CCC43C)C2CCC2(C1)OC1CC(C)CN(CCO)C1C2C. The van der Waals surface area contributed by atoms with E-state index < -0.39 is 0 Å². The summed E-state index contributed by atoms with van der Waals surface area (Å²) in [6, 6.07) is 0.452. The van der Waals surface area contributed by atoms with Gasteiger partial charge >= 0.3 is 0 Å². The molecule has 2 saturated heterocycles. The number of likely N-dealkylation sites (tertiary alicyclic amines) is 1. The normalized spacial score (nSPS) is 48.8. The number of piperidine rings is 1. The summed E-state index contributed by atoms with van der Waals surface area (Å²) < 4.78 is 7.12. The Morgan fingerprint density at radius 1 is 1.21 bits per heavy atom. The molecule has 9 atom stereocenters. The fourth-order valence-corrected chi connectivity index (χ4v) is 9.89. The maximum Gasteiger partial charge on any atom is 0.155 e. The first-order valence-electron chi connectivity index (χ1n) is 14.2. The fraction of sp³-hybridized carbons (Fsp3) is 0.833. The minimum atomic E-state index is -0.0368. The Morgan fingerprint density at radius 2 is 2.03 bits per heavy atom. The molecule has 6 aliphatic rings. The monoisotopic (exact) mass is 467 g/mol. The van der Waals surface area contributed by atoms with Crippen LogP contribution in [0.2, 0.25) is 0 Å². The van der Waals surface area contributed by atoms with E-state index in [4.69, 9.17) is 4.74 Å². The molecule has 0 aromatic rings. The maximum atomic E-state index is 12.1. The number of ketones is 1. The van der Waals surface area contributed by atoms with Crippen molar-refractivity contribution in [2.75, 3.05) is 19.7 Å². The van der Waals surface area contributed by atoms with Crippen LogP contribution in [0.25, 0.3) is 0 Å². The lowest BCUT2D eigenvalue weighted by Crippen LogP contribution is -2.52. The van der Waals surface area contributed by atoms with Gasteiger partial charge in [-0.1, -0.05) is 37.5 Å². The number of hydrogen-bond acceptors (Lipinski definition) is 4. The number of rotatable bonds is 2. The van der Waals surface area contributed by atoms with Gasteiger partial charge in [0, 0.05) is 31.5 Å². The van der Waals surface area contributed by atoms with E-state index in [0.717, 1.165) is 57.0 Å². The van der Waals surface area contributed by atoms with Gasteiger partial charge in [-0.15, -0.1) is 0 Å². The van der Waals surface area contributed by atoms with Crippen molar-refractivity contribution in [2.24, 2.45) is 35.0 Å². The molecule has 2 saturated carbocycles. The molecule has 188 valence electrons. The standard InChI is InChI=1S/C30H45NO3/c1-18-13-27-28(31(17-18)11-12-32)20(3)30(34-27)10-8-23-24-6-5-21-14-22(33)7-9-29(21,4)26(24)15-25(23)19(2)16-30/h14,18,20,23-24,26-28,32H,5-13,15-17H2,1-4H3. The molecule has 4 heteroatoms.